The van der Waals surface area contributed by atoms with Gasteiger partial charge in [-0.25, -0.2) is 4.99 Å². The van der Waals surface area contributed by atoms with Gasteiger partial charge in [-0.3, -0.25) is 4.68 Å². The molecule has 0 aliphatic carbocycles. The Morgan fingerprint density at radius 1 is 1.03 bits per heavy atom. The molecule has 3 aromatic rings. The molecule has 7 heteroatoms. The first-order valence-corrected chi connectivity index (χ1v) is 10.1. The van der Waals surface area contributed by atoms with Gasteiger partial charge in [0.15, 0.2) is 5.96 Å². The van der Waals surface area contributed by atoms with Crippen molar-refractivity contribution in [2.45, 2.75) is 33.5 Å². The number of halogens is 1. The second-order valence-electron chi connectivity index (χ2n) is 6.61. The van der Waals surface area contributed by atoms with Crippen molar-refractivity contribution in [3.8, 4) is 5.75 Å². The van der Waals surface area contributed by atoms with Gasteiger partial charge in [0.25, 0.3) is 0 Å². The van der Waals surface area contributed by atoms with Gasteiger partial charge in [-0.1, -0.05) is 42.5 Å². The zero-order valence-corrected chi connectivity index (χ0v) is 19.9. The summed E-state index contributed by atoms with van der Waals surface area (Å²) < 4.78 is 7.63. The number of ether oxygens (including phenoxy) is 1. The number of nitrogens with zero attached hydrogens (tertiary/aromatic N) is 3. The predicted octanol–water partition coefficient (Wildman–Crippen LogP) is 4.20. The molecule has 1 aromatic heterocycles. The first kappa shape index (κ1) is 23.7. The molecule has 160 valence electrons. The lowest BCUT2D eigenvalue weighted by atomic mass is 10.1. The van der Waals surface area contributed by atoms with Gasteiger partial charge in [-0.05, 0) is 37.1 Å². The monoisotopic (exact) mass is 519 g/mol. The minimum atomic E-state index is 0. The molecule has 1 heterocycles. The third kappa shape index (κ3) is 7.37. The van der Waals surface area contributed by atoms with Crippen LogP contribution in [0.15, 0.2) is 72.0 Å². The molecule has 0 bridgehead atoms. The molecule has 30 heavy (non-hydrogen) atoms. The maximum absolute atomic E-state index is 5.71. The van der Waals surface area contributed by atoms with E-state index in [1.54, 1.807) is 6.20 Å². The van der Waals surface area contributed by atoms with Crippen molar-refractivity contribution < 1.29 is 4.74 Å². The molecule has 0 aliphatic rings. The Balaban J connectivity index is 0.00000320. The van der Waals surface area contributed by atoms with E-state index < -0.39 is 0 Å². The molecular weight excluding hydrogens is 489 g/mol. The van der Waals surface area contributed by atoms with Crippen molar-refractivity contribution in [3.05, 3.63) is 83.7 Å². The van der Waals surface area contributed by atoms with Crippen molar-refractivity contribution in [2.75, 3.05) is 13.2 Å². The van der Waals surface area contributed by atoms with Gasteiger partial charge in [0.05, 0.1) is 19.7 Å². The molecule has 0 spiro atoms. The van der Waals surface area contributed by atoms with Crippen molar-refractivity contribution in [1.82, 2.24) is 20.4 Å². The van der Waals surface area contributed by atoms with Crippen LogP contribution in [0.25, 0.3) is 0 Å². The molecule has 0 radical (unpaired) electrons. The molecule has 3 rings (SSSR count). The minimum absolute atomic E-state index is 0. The van der Waals surface area contributed by atoms with E-state index in [0.29, 0.717) is 19.7 Å². The van der Waals surface area contributed by atoms with Crippen LogP contribution >= 0.6 is 24.0 Å². The number of hydrogen-bond donors (Lipinski definition) is 2. The second-order valence-corrected chi connectivity index (χ2v) is 6.61. The average molecular weight is 519 g/mol. The van der Waals surface area contributed by atoms with Gasteiger partial charge < -0.3 is 15.4 Å². The van der Waals surface area contributed by atoms with Crippen molar-refractivity contribution in [3.63, 3.8) is 0 Å². The van der Waals surface area contributed by atoms with Crippen LogP contribution in [0, 0.1) is 0 Å². The summed E-state index contributed by atoms with van der Waals surface area (Å²) in [5.41, 5.74) is 3.49. The van der Waals surface area contributed by atoms with Gasteiger partial charge in [-0.2, -0.15) is 5.10 Å². The summed E-state index contributed by atoms with van der Waals surface area (Å²) in [7, 11) is 0. The summed E-state index contributed by atoms with van der Waals surface area (Å²) >= 11 is 0. The molecule has 6 nitrogen and oxygen atoms in total. The number of benzene rings is 2. The van der Waals surface area contributed by atoms with Crippen LogP contribution in [0.2, 0.25) is 0 Å². The molecule has 0 amide bonds. The van der Waals surface area contributed by atoms with E-state index in [1.807, 2.05) is 42.1 Å². The highest BCUT2D eigenvalue weighted by atomic mass is 127. The minimum Gasteiger partial charge on any atom is -0.494 e. The zero-order valence-electron chi connectivity index (χ0n) is 17.5. The fourth-order valence-electron chi connectivity index (χ4n) is 3.04. The lowest BCUT2D eigenvalue weighted by molar-refractivity contribution is 0.336. The Morgan fingerprint density at radius 3 is 2.63 bits per heavy atom. The van der Waals surface area contributed by atoms with E-state index in [-0.39, 0.29) is 24.0 Å². The number of rotatable bonds is 9. The van der Waals surface area contributed by atoms with E-state index in [1.165, 1.54) is 11.1 Å². The van der Waals surface area contributed by atoms with E-state index >= 15 is 0 Å². The fraction of sp³-hybridized carbons (Fsp3) is 0.304. The van der Waals surface area contributed by atoms with Gasteiger partial charge in [-0.15, -0.1) is 24.0 Å². The second kappa shape index (κ2) is 12.9. The molecule has 2 N–H and O–H groups in total. The number of aromatic nitrogens is 2. The smallest absolute Gasteiger partial charge is 0.191 e. The Bertz CT molecular complexity index is 911. The number of hydrogen-bond acceptors (Lipinski definition) is 3. The van der Waals surface area contributed by atoms with Crippen LogP contribution in [0.4, 0.5) is 0 Å². The number of aliphatic imine (C=N–C) groups is 1. The van der Waals surface area contributed by atoms with Crippen molar-refractivity contribution >= 4 is 29.9 Å². The summed E-state index contributed by atoms with van der Waals surface area (Å²) in [6.07, 6.45) is 3.77. The molecule has 0 fully saturated rings. The van der Waals surface area contributed by atoms with Gasteiger partial charge in [0, 0.05) is 31.0 Å². The van der Waals surface area contributed by atoms with Crippen LogP contribution in [0.5, 0.6) is 5.75 Å². The summed E-state index contributed by atoms with van der Waals surface area (Å²) in [5.74, 6) is 1.70. The number of guanidine groups is 1. The van der Waals surface area contributed by atoms with Crippen LogP contribution in [-0.2, 0) is 19.6 Å². The van der Waals surface area contributed by atoms with Crippen LogP contribution in [0.3, 0.4) is 0 Å². The third-order valence-corrected chi connectivity index (χ3v) is 4.38. The lowest BCUT2D eigenvalue weighted by Gasteiger charge is -2.14. The number of nitrogens with one attached hydrogen (secondary N) is 2. The summed E-state index contributed by atoms with van der Waals surface area (Å²) in [6.45, 7) is 7.54. The van der Waals surface area contributed by atoms with Gasteiger partial charge in [0.2, 0.25) is 0 Å². The molecule has 2 aromatic carbocycles. The zero-order chi connectivity index (χ0) is 20.3. The van der Waals surface area contributed by atoms with Gasteiger partial charge in [0.1, 0.15) is 5.75 Å². The Hall–Kier alpha value is -2.55. The summed E-state index contributed by atoms with van der Waals surface area (Å²) in [4.78, 5) is 4.74. The van der Waals surface area contributed by atoms with Crippen LogP contribution in [-0.4, -0.2) is 28.9 Å². The standard InChI is InChI=1S/C23H29N5O.HI/c1-3-24-23(26-17-21-11-5-6-12-22(21)29-4-2)25-16-19-9-7-10-20(15-19)18-28-14-8-13-27-28;/h5-15H,3-4,16-18H2,1-2H3,(H2,24,25,26);1H. The highest BCUT2D eigenvalue weighted by Gasteiger charge is 2.04. The predicted molar refractivity (Wildman–Crippen MR) is 132 cm³/mol. The van der Waals surface area contributed by atoms with E-state index in [9.17, 15) is 0 Å². The Labute approximate surface area is 195 Å². The molecule has 0 saturated heterocycles. The van der Waals surface area contributed by atoms with E-state index in [4.69, 9.17) is 9.73 Å². The average Bonchev–Trinajstić information content (AvgIpc) is 3.24. The lowest BCUT2D eigenvalue weighted by Crippen LogP contribution is -2.36. The highest BCUT2D eigenvalue weighted by Crippen LogP contribution is 2.17. The maximum Gasteiger partial charge on any atom is 0.191 e. The topological polar surface area (TPSA) is 63.5 Å². The van der Waals surface area contributed by atoms with E-state index in [0.717, 1.165) is 30.4 Å². The van der Waals surface area contributed by atoms with Gasteiger partial charge >= 0.3 is 0 Å². The SMILES string of the molecule is CCNC(=NCc1cccc(Cn2cccn2)c1)NCc1ccccc1OCC.I. The first-order valence-electron chi connectivity index (χ1n) is 10.1. The molecule has 0 aliphatic heterocycles. The largest absolute Gasteiger partial charge is 0.494 e. The summed E-state index contributed by atoms with van der Waals surface area (Å²) in [6, 6.07) is 18.5. The summed E-state index contributed by atoms with van der Waals surface area (Å²) in [5, 5.41) is 11.0. The van der Waals surface area contributed by atoms with Crippen molar-refractivity contribution in [1.29, 1.82) is 0 Å². The maximum atomic E-state index is 5.71. The van der Waals surface area contributed by atoms with Crippen molar-refractivity contribution in [2.24, 2.45) is 4.99 Å². The fourth-order valence-corrected chi connectivity index (χ4v) is 3.04. The normalized spacial score (nSPS) is 10.9. The molecular formula is C23H30IN5O. The van der Waals surface area contributed by atoms with Crippen LogP contribution < -0.4 is 15.4 Å². The number of para-hydroxylation sites is 1. The Kier molecular flexibility index (Phi) is 10.2. The molecule has 0 saturated carbocycles. The Morgan fingerprint density at radius 2 is 1.87 bits per heavy atom. The highest BCUT2D eigenvalue weighted by molar-refractivity contribution is 14.0. The quantitative estimate of drug-likeness (QED) is 0.253. The third-order valence-electron chi connectivity index (χ3n) is 4.38. The molecule has 0 atom stereocenters. The van der Waals surface area contributed by atoms with E-state index in [2.05, 4.69) is 53.0 Å². The molecule has 0 unspecified atom stereocenters. The van der Waals surface area contributed by atoms with Crippen LogP contribution in [0.1, 0.15) is 30.5 Å². The first-order chi connectivity index (χ1) is 14.3.